The van der Waals surface area contributed by atoms with Crippen molar-refractivity contribution in [1.29, 1.82) is 0 Å². The second kappa shape index (κ2) is 5.67. The number of sulfonamides is 1. The van der Waals surface area contributed by atoms with Crippen LogP contribution in [-0.4, -0.2) is 33.3 Å². The predicted octanol–water partition coefficient (Wildman–Crippen LogP) is 1.09. The van der Waals surface area contributed by atoms with Gasteiger partial charge in [0.1, 0.15) is 0 Å². The first-order chi connectivity index (χ1) is 8.07. The Balaban J connectivity index is 1.73. The summed E-state index contributed by atoms with van der Waals surface area (Å²) in [5, 5.41) is 3.28. The molecule has 2 fully saturated rings. The highest BCUT2D eigenvalue weighted by Gasteiger charge is 2.29. The van der Waals surface area contributed by atoms with Gasteiger partial charge in [0.15, 0.2) is 0 Å². The predicted molar refractivity (Wildman–Crippen MR) is 69.3 cm³/mol. The first-order valence-corrected chi connectivity index (χ1v) is 8.43. The highest BCUT2D eigenvalue weighted by atomic mass is 32.2. The molecule has 100 valence electrons. The molecule has 17 heavy (non-hydrogen) atoms. The zero-order valence-electron chi connectivity index (χ0n) is 10.6. The van der Waals surface area contributed by atoms with Crippen molar-refractivity contribution in [2.45, 2.75) is 45.1 Å². The number of hydrogen-bond acceptors (Lipinski definition) is 3. The average molecular weight is 260 g/mol. The van der Waals surface area contributed by atoms with Crippen molar-refractivity contribution in [3.05, 3.63) is 0 Å². The molecule has 0 radical (unpaired) electrons. The maximum absolute atomic E-state index is 11.9. The number of hydrogen-bond donors (Lipinski definition) is 2. The lowest BCUT2D eigenvalue weighted by atomic mass is 10.1. The van der Waals surface area contributed by atoms with Crippen LogP contribution in [-0.2, 0) is 10.0 Å². The normalized spacial score (nSPS) is 27.9. The van der Waals surface area contributed by atoms with Gasteiger partial charge in [-0.25, -0.2) is 13.1 Å². The molecular weight excluding hydrogens is 236 g/mol. The largest absolute Gasteiger partial charge is 0.313 e. The molecule has 1 aliphatic heterocycles. The van der Waals surface area contributed by atoms with Crippen molar-refractivity contribution >= 4 is 10.0 Å². The SMILES string of the molecule is CC(CNS(=O)(=O)CC1CCCCN1)C1CC1. The van der Waals surface area contributed by atoms with Crippen LogP contribution in [0.2, 0.25) is 0 Å². The Bertz CT molecular complexity index is 332. The molecule has 1 heterocycles. The van der Waals surface area contributed by atoms with Crippen LogP contribution in [0.1, 0.15) is 39.0 Å². The van der Waals surface area contributed by atoms with E-state index in [4.69, 9.17) is 0 Å². The highest BCUT2D eigenvalue weighted by molar-refractivity contribution is 7.89. The minimum atomic E-state index is -3.09. The Morgan fingerprint density at radius 1 is 1.29 bits per heavy atom. The summed E-state index contributed by atoms with van der Waals surface area (Å²) in [6.45, 7) is 3.71. The summed E-state index contributed by atoms with van der Waals surface area (Å²) in [7, 11) is -3.09. The molecule has 0 aromatic carbocycles. The molecule has 2 rings (SSSR count). The quantitative estimate of drug-likeness (QED) is 0.752. The highest BCUT2D eigenvalue weighted by Crippen LogP contribution is 2.36. The van der Waals surface area contributed by atoms with Crippen molar-refractivity contribution in [3.8, 4) is 0 Å². The smallest absolute Gasteiger partial charge is 0.213 e. The molecule has 1 aliphatic carbocycles. The molecule has 2 N–H and O–H groups in total. The molecule has 2 unspecified atom stereocenters. The average Bonchev–Trinajstić information content (AvgIpc) is 3.10. The van der Waals surface area contributed by atoms with E-state index in [-0.39, 0.29) is 11.8 Å². The third-order valence-electron chi connectivity index (χ3n) is 3.88. The van der Waals surface area contributed by atoms with Crippen molar-refractivity contribution in [3.63, 3.8) is 0 Å². The summed E-state index contributed by atoms with van der Waals surface area (Å²) >= 11 is 0. The standard InChI is InChI=1S/C12H24N2O2S/c1-10(11-5-6-11)8-14-17(15,16)9-12-4-2-3-7-13-12/h10-14H,2-9H2,1H3. The van der Waals surface area contributed by atoms with Crippen molar-refractivity contribution in [2.24, 2.45) is 11.8 Å². The van der Waals surface area contributed by atoms with E-state index < -0.39 is 10.0 Å². The summed E-state index contributed by atoms with van der Waals surface area (Å²) in [6, 6.07) is 0.150. The molecule has 0 bridgehead atoms. The Kier molecular flexibility index (Phi) is 4.44. The van der Waals surface area contributed by atoms with E-state index in [0.717, 1.165) is 25.3 Å². The van der Waals surface area contributed by atoms with Gasteiger partial charge in [0, 0.05) is 12.6 Å². The fraction of sp³-hybridized carbons (Fsp3) is 1.00. The molecule has 1 saturated heterocycles. The Labute approximate surface area is 105 Å². The van der Waals surface area contributed by atoms with Crippen molar-refractivity contribution in [1.82, 2.24) is 10.0 Å². The van der Waals surface area contributed by atoms with Gasteiger partial charge in [0.25, 0.3) is 0 Å². The van der Waals surface area contributed by atoms with Gasteiger partial charge < -0.3 is 5.32 Å². The van der Waals surface area contributed by atoms with Gasteiger partial charge in [-0.05, 0) is 44.1 Å². The first-order valence-electron chi connectivity index (χ1n) is 6.77. The van der Waals surface area contributed by atoms with Crippen LogP contribution >= 0.6 is 0 Å². The Morgan fingerprint density at radius 2 is 2.06 bits per heavy atom. The Hall–Kier alpha value is -0.130. The van der Waals surface area contributed by atoms with Crippen LogP contribution in [0.5, 0.6) is 0 Å². The summed E-state index contributed by atoms with van der Waals surface area (Å²) < 4.78 is 26.5. The van der Waals surface area contributed by atoms with Gasteiger partial charge in [-0.1, -0.05) is 13.3 Å². The minimum Gasteiger partial charge on any atom is -0.313 e. The van der Waals surface area contributed by atoms with Crippen molar-refractivity contribution in [2.75, 3.05) is 18.8 Å². The van der Waals surface area contributed by atoms with Gasteiger partial charge in [0.2, 0.25) is 10.0 Å². The molecule has 0 spiro atoms. The summed E-state index contributed by atoms with van der Waals surface area (Å²) in [5.74, 6) is 1.49. The fourth-order valence-corrected chi connectivity index (χ4v) is 3.93. The maximum atomic E-state index is 11.9. The van der Waals surface area contributed by atoms with E-state index in [2.05, 4.69) is 17.0 Å². The minimum absolute atomic E-state index is 0.150. The number of rotatable bonds is 6. The van der Waals surface area contributed by atoms with E-state index in [0.29, 0.717) is 12.5 Å². The molecule has 0 amide bonds. The zero-order chi connectivity index (χ0) is 12.3. The molecule has 2 aliphatic rings. The molecule has 0 aromatic rings. The molecular formula is C12H24N2O2S. The monoisotopic (exact) mass is 260 g/mol. The van der Waals surface area contributed by atoms with E-state index >= 15 is 0 Å². The van der Waals surface area contributed by atoms with Gasteiger partial charge in [-0.15, -0.1) is 0 Å². The second-order valence-corrected chi connectivity index (χ2v) is 7.44. The van der Waals surface area contributed by atoms with E-state index in [1.807, 2.05) is 0 Å². The van der Waals surface area contributed by atoms with E-state index in [1.165, 1.54) is 19.3 Å². The van der Waals surface area contributed by atoms with Gasteiger partial charge >= 0.3 is 0 Å². The lowest BCUT2D eigenvalue weighted by Crippen LogP contribution is -2.43. The van der Waals surface area contributed by atoms with Crippen LogP contribution in [0.4, 0.5) is 0 Å². The molecule has 4 nitrogen and oxygen atoms in total. The summed E-state index contributed by atoms with van der Waals surface area (Å²) in [5.41, 5.74) is 0. The summed E-state index contributed by atoms with van der Waals surface area (Å²) in [4.78, 5) is 0. The lowest BCUT2D eigenvalue weighted by Gasteiger charge is -2.23. The van der Waals surface area contributed by atoms with Gasteiger partial charge in [0.05, 0.1) is 5.75 Å². The molecule has 1 saturated carbocycles. The van der Waals surface area contributed by atoms with Crippen LogP contribution in [0.15, 0.2) is 0 Å². The summed E-state index contributed by atoms with van der Waals surface area (Å²) in [6.07, 6.45) is 5.84. The first kappa shape index (κ1) is 13.3. The molecule has 0 aromatic heterocycles. The topological polar surface area (TPSA) is 58.2 Å². The van der Waals surface area contributed by atoms with E-state index in [9.17, 15) is 8.42 Å². The van der Waals surface area contributed by atoms with Crippen LogP contribution < -0.4 is 10.0 Å². The number of nitrogens with one attached hydrogen (secondary N) is 2. The molecule has 5 heteroatoms. The van der Waals surface area contributed by atoms with Crippen LogP contribution in [0, 0.1) is 11.8 Å². The second-order valence-electron chi connectivity index (χ2n) is 5.59. The van der Waals surface area contributed by atoms with E-state index in [1.54, 1.807) is 0 Å². The van der Waals surface area contributed by atoms with Gasteiger partial charge in [-0.2, -0.15) is 0 Å². The maximum Gasteiger partial charge on any atom is 0.213 e. The third-order valence-corrected chi connectivity index (χ3v) is 5.33. The third kappa shape index (κ3) is 4.56. The van der Waals surface area contributed by atoms with Crippen LogP contribution in [0.3, 0.4) is 0 Å². The number of piperidine rings is 1. The Morgan fingerprint density at radius 3 is 2.65 bits per heavy atom. The molecule has 2 atom stereocenters. The van der Waals surface area contributed by atoms with Gasteiger partial charge in [-0.3, -0.25) is 0 Å². The van der Waals surface area contributed by atoms with Crippen molar-refractivity contribution < 1.29 is 8.42 Å². The van der Waals surface area contributed by atoms with Crippen LogP contribution in [0.25, 0.3) is 0 Å². The zero-order valence-corrected chi connectivity index (χ0v) is 11.4. The fourth-order valence-electron chi connectivity index (χ4n) is 2.48. The lowest BCUT2D eigenvalue weighted by molar-refractivity contribution is 0.420.